The lowest BCUT2D eigenvalue weighted by molar-refractivity contribution is 0.287. The molecule has 2 rings (SSSR count). The van der Waals surface area contributed by atoms with Crippen molar-refractivity contribution in [1.82, 2.24) is 5.32 Å². The van der Waals surface area contributed by atoms with Gasteiger partial charge >= 0.3 is 0 Å². The van der Waals surface area contributed by atoms with Crippen molar-refractivity contribution in [3.8, 4) is 0 Å². The predicted octanol–water partition coefficient (Wildman–Crippen LogP) is 2.62. The molecule has 1 heteroatoms. The monoisotopic (exact) mass is 189 g/mol. The maximum absolute atomic E-state index is 3.54. The Morgan fingerprint density at radius 3 is 2.21 bits per heavy atom. The fourth-order valence-electron chi connectivity index (χ4n) is 1.97. The molecule has 1 aliphatic rings. The average Bonchev–Trinajstić information content (AvgIpc) is 2.86. The summed E-state index contributed by atoms with van der Waals surface area (Å²) in [5.41, 5.74) is 2.13. The van der Waals surface area contributed by atoms with Gasteiger partial charge in [-0.3, -0.25) is 0 Å². The number of hydrogen-bond donors (Lipinski definition) is 1. The van der Waals surface area contributed by atoms with Crippen LogP contribution in [0.4, 0.5) is 0 Å². The summed E-state index contributed by atoms with van der Waals surface area (Å²) in [7, 11) is 0. The van der Waals surface area contributed by atoms with Crippen LogP contribution in [0.5, 0.6) is 0 Å². The van der Waals surface area contributed by atoms with Crippen LogP contribution < -0.4 is 5.32 Å². The van der Waals surface area contributed by atoms with E-state index in [4.69, 9.17) is 0 Å². The minimum Gasteiger partial charge on any atom is -0.307 e. The Hall–Kier alpha value is -0.820. The van der Waals surface area contributed by atoms with E-state index in [-0.39, 0.29) is 0 Å². The number of nitrogens with one attached hydrogen (secondary N) is 1. The topological polar surface area (TPSA) is 21.9 Å². The van der Waals surface area contributed by atoms with Gasteiger partial charge in [0, 0.05) is 12.1 Å². The molecule has 14 heavy (non-hydrogen) atoms. The summed E-state index contributed by atoms with van der Waals surface area (Å²) < 4.78 is 0. The number of benzene rings is 1. The van der Waals surface area contributed by atoms with Crippen molar-refractivity contribution in [2.45, 2.75) is 32.7 Å². The van der Waals surface area contributed by atoms with E-state index in [1.54, 1.807) is 0 Å². The van der Waals surface area contributed by atoms with Crippen LogP contribution in [0.2, 0.25) is 0 Å². The van der Waals surface area contributed by atoms with Gasteiger partial charge in [-0.05, 0) is 17.4 Å². The van der Waals surface area contributed by atoms with Crippen molar-refractivity contribution < 1.29 is 0 Å². The molecule has 0 amide bonds. The Morgan fingerprint density at radius 2 is 1.79 bits per heavy atom. The zero-order valence-corrected chi connectivity index (χ0v) is 9.30. The van der Waals surface area contributed by atoms with Crippen LogP contribution in [-0.4, -0.2) is 12.1 Å². The van der Waals surface area contributed by atoms with Crippen molar-refractivity contribution in [2.24, 2.45) is 5.41 Å². The lowest BCUT2D eigenvalue weighted by atomic mass is 9.76. The van der Waals surface area contributed by atoms with E-state index in [1.165, 1.54) is 5.56 Å². The van der Waals surface area contributed by atoms with Crippen LogP contribution in [0.1, 0.15) is 26.3 Å². The maximum atomic E-state index is 3.54. The highest BCUT2D eigenvalue weighted by Gasteiger charge is 2.51. The van der Waals surface area contributed by atoms with Crippen LogP contribution in [-0.2, 0) is 6.42 Å². The quantitative estimate of drug-likeness (QED) is 0.710. The van der Waals surface area contributed by atoms with E-state index in [0.717, 1.165) is 13.0 Å². The van der Waals surface area contributed by atoms with Crippen molar-refractivity contribution in [1.29, 1.82) is 0 Å². The van der Waals surface area contributed by atoms with E-state index < -0.39 is 0 Å². The van der Waals surface area contributed by atoms with Crippen molar-refractivity contribution in [3.05, 3.63) is 35.9 Å². The van der Waals surface area contributed by atoms with Gasteiger partial charge in [0.05, 0.1) is 0 Å². The summed E-state index contributed by atoms with van der Waals surface area (Å²) in [6.07, 6.45) is 1.15. The molecule has 1 heterocycles. The van der Waals surface area contributed by atoms with Gasteiger partial charge in [0.15, 0.2) is 0 Å². The van der Waals surface area contributed by atoms with Gasteiger partial charge in [-0.2, -0.15) is 0 Å². The zero-order valence-electron chi connectivity index (χ0n) is 9.30. The lowest BCUT2D eigenvalue weighted by Gasteiger charge is -2.29. The minimum absolute atomic E-state index is 0.342. The van der Waals surface area contributed by atoms with Gasteiger partial charge in [0.25, 0.3) is 0 Å². The van der Waals surface area contributed by atoms with Crippen LogP contribution >= 0.6 is 0 Å². The average molecular weight is 189 g/mol. The smallest absolute Gasteiger partial charge is 0.0396 e. The zero-order chi connectivity index (χ0) is 10.2. The molecule has 1 N–H and O–H groups in total. The van der Waals surface area contributed by atoms with Crippen molar-refractivity contribution in [3.63, 3.8) is 0 Å². The molecule has 0 aromatic heterocycles. The highest BCUT2D eigenvalue weighted by molar-refractivity contribution is 5.24. The Balaban J connectivity index is 2.13. The third-order valence-corrected chi connectivity index (χ3v) is 3.39. The Bertz CT molecular complexity index is 304. The molecule has 76 valence electrons. The van der Waals surface area contributed by atoms with Gasteiger partial charge in [0.2, 0.25) is 0 Å². The highest BCUT2D eigenvalue weighted by Crippen LogP contribution is 2.40. The fourth-order valence-corrected chi connectivity index (χ4v) is 1.97. The molecule has 0 bridgehead atoms. The van der Waals surface area contributed by atoms with Gasteiger partial charge in [-0.25, -0.2) is 0 Å². The first-order chi connectivity index (χ1) is 6.54. The summed E-state index contributed by atoms with van der Waals surface area (Å²) in [5, 5.41) is 3.54. The van der Waals surface area contributed by atoms with Gasteiger partial charge < -0.3 is 5.32 Å². The van der Waals surface area contributed by atoms with E-state index in [2.05, 4.69) is 56.4 Å². The van der Waals surface area contributed by atoms with Crippen molar-refractivity contribution >= 4 is 0 Å². The normalized spacial score (nSPS) is 26.2. The second-order valence-corrected chi connectivity index (χ2v) is 5.35. The first kappa shape index (κ1) is 9.72. The predicted molar refractivity (Wildman–Crippen MR) is 60.3 cm³/mol. The Kier molecular flexibility index (Phi) is 2.15. The third kappa shape index (κ3) is 1.69. The molecule has 1 saturated heterocycles. The lowest BCUT2D eigenvalue weighted by Crippen LogP contribution is -2.35. The molecule has 1 aromatic rings. The standard InChI is InChI=1S/C13H19N/c1-12(2,3)13(10-14-13)9-11-7-5-4-6-8-11/h4-8,14H,9-10H2,1-3H3. The largest absolute Gasteiger partial charge is 0.307 e. The van der Waals surface area contributed by atoms with Crippen LogP contribution in [0.15, 0.2) is 30.3 Å². The molecule has 0 saturated carbocycles. The van der Waals surface area contributed by atoms with Gasteiger partial charge in [-0.15, -0.1) is 0 Å². The van der Waals surface area contributed by atoms with E-state index in [1.807, 2.05) is 0 Å². The van der Waals surface area contributed by atoms with Crippen LogP contribution in [0, 0.1) is 5.41 Å². The summed E-state index contributed by atoms with van der Waals surface area (Å²) >= 11 is 0. The van der Waals surface area contributed by atoms with Gasteiger partial charge in [-0.1, -0.05) is 51.1 Å². The first-order valence-electron chi connectivity index (χ1n) is 5.32. The van der Waals surface area contributed by atoms with E-state index in [9.17, 15) is 0 Å². The second-order valence-electron chi connectivity index (χ2n) is 5.35. The molecule has 1 fully saturated rings. The van der Waals surface area contributed by atoms with Crippen LogP contribution in [0.25, 0.3) is 0 Å². The molecule has 0 radical (unpaired) electrons. The molecule has 1 unspecified atom stereocenters. The molecule has 0 spiro atoms. The number of rotatable bonds is 2. The molecule has 1 aliphatic heterocycles. The second kappa shape index (κ2) is 3.09. The summed E-state index contributed by atoms with van der Waals surface area (Å²) in [5.74, 6) is 0. The molecule has 1 aromatic carbocycles. The molecule has 1 atom stereocenters. The molecular formula is C13H19N. The van der Waals surface area contributed by atoms with Crippen molar-refractivity contribution in [2.75, 3.05) is 6.54 Å². The van der Waals surface area contributed by atoms with Crippen LogP contribution in [0.3, 0.4) is 0 Å². The SMILES string of the molecule is CC(C)(C)C1(Cc2ccccc2)CN1. The summed E-state index contributed by atoms with van der Waals surface area (Å²) in [6, 6.07) is 10.7. The summed E-state index contributed by atoms with van der Waals surface area (Å²) in [4.78, 5) is 0. The van der Waals surface area contributed by atoms with Gasteiger partial charge in [0.1, 0.15) is 0 Å². The first-order valence-corrected chi connectivity index (χ1v) is 5.32. The van der Waals surface area contributed by atoms with E-state index >= 15 is 0 Å². The summed E-state index contributed by atoms with van der Waals surface area (Å²) in [6.45, 7) is 8.10. The highest BCUT2D eigenvalue weighted by atomic mass is 15.2. The molecule has 1 nitrogen and oxygen atoms in total. The maximum Gasteiger partial charge on any atom is 0.0396 e. The third-order valence-electron chi connectivity index (χ3n) is 3.39. The minimum atomic E-state index is 0.342. The molecule has 0 aliphatic carbocycles. The number of hydrogen-bond acceptors (Lipinski definition) is 1. The van der Waals surface area contributed by atoms with E-state index in [0.29, 0.717) is 11.0 Å². The Labute approximate surface area is 86.5 Å². The molecular weight excluding hydrogens is 170 g/mol. The fraction of sp³-hybridized carbons (Fsp3) is 0.538. The Morgan fingerprint density at radius 1 is 1.21 bits per heavy atom.